The lowest BCUT2D eigenvalue weighted by Gasteiger charge is -2.11. The maximum atomic E-state index is 12.4. The van der Waals surface area contributed by atoms with Crippen LogP contribution in [0.4, 0.5) is 11.4 Å². The molecule has 0 bridgehead atoms. The van der Waals surface area contributed by atoms with Crippen LogP contribution in [0.1, 0.15) is 15.9 Å². The highest BCUT2D eigenvalue weighted by Gasteiger charge is 2.18. The van der Waals surface area contributed by atoms with Gasteiger partial charge in [0.2, 0.25) is 11.8 Å². The zero-order chi connectivity index (χ0) is 22.5. The molecule has 3 rings (SSSR count). The Hall–Kier alpha value is -3.36. The second kappa shape index (κ2) is 9.63. The van der Waals surface area contributed by atoms with Crippen molar-refractivity contribution in [1.82, 2.24) is 0 Å². The Morgan fingerprint density at radius 2 is 1.84 bits per heavy atom. The van der Waals surface area contributed by atoms with Gasteiger partial charge in [-0.1, -0.05) is 29.8 Å². The SMILES string of the molecule is Cc1cc(-c2cccc(Cl)c2)ccc1NC(=O)CSc1ccc(C(N)=O)cc1[N+](=O)[O-]. The summed E-state index contributed by atoms with van der Waals surface area (Å²) >= 11 is 7.06. The van der Waals surface area contributed by atoms with Gasteiger partial charge in [0.15, 0.2) is 0 Å². The predicted molar refractivity (Wildman–Crippen MR) is 123 cm³/mol. The van der Waals surface area contributed by atoms with Gasteiger partial charge >= 0.3 is 0 Å². The molecule has 3 aromatic rings. The van der Waals surface area contributed by atoms with Gasteiger partial charge in [-0.25, -0.2) is 0 Å². The molecule has 0 heterocycles. The van der Waals surface area contributed by atoms with Crippen molar-refractivity contribution in [3.63, 3.8) is 0 Å². The Kier molecular flexibility index (Phi) is 6.94. The normalized spacial score (nSPS) is 10.5. The number of hydrogen-bond acceptors (Lipinski definition) is 5. The number of halogens is 1. The van der Waals surface area contributed by atoms with Crippen LogP contribution >= 0.6 is 23.4 Å². The number of nitrogens with zero attached hydrogens (tertiary/aromatic N) is 1. The van der Waals surface area contributed by atoms with Crippen LogP contribution in [0.5, 0.6) is 0 Å². The van der Waals surface area contributed by atoms with E-state index in [1.54, 1.807) is 12.1 Å². The van der Waals surface area contributed by atoms with Crippen molar-refractivity contribution in [2.75, 3.05) is 11.1 Å². The van der Waals surface area contributed by atoms with Gasteiger partial charge in [0.05, 0.1) is 15.6 Å². The molecule has 0 aliphatic rings. The van der Waals surface area contributed by atoms with Gasteiger partial charge in [-0.15, -0.1) is 11.8 Å². The van der Waals surface area contributed by atoms with E-state index in [0.29, 0.717) is 10.7 Å². The molecule has 0 aromatic heterocycles. The average Bonchev–Trinajstić information content (AvgIpc) is 2.73. The van der Waals surface area contributed by atoms with E-state index in [0.717, 1.165) is 34.5 Å². The highest BCUT2D eigenvalue weighted by molar-refractivity contribution is 8.00. The summed E-state index contributed by atoms with van der Waals surface area (Å²) in [5.41, 5.74) is 8.40. The number of nitro benzene ring substituents is 1. The molecule has 0 aliphatic heterocycles. The van der Waals surface area contributed by atoms with E-state index in [2.05, 4.69) is 5.32 Å². The molecule has 0 spiro atoms. The van der Waals surface area contributed by atoms with Crippen LogP contribution in [-0.4, -0.2) is 22.5 Å². The molecule has 3 aromatic carbocycles. The molecule has 0 unspecified atom stereocenters. The molecule has 0 atom stereocenters. The van der Waals surface area contributed by atoms with E-state index in [4.69, 9.17) is 17.3 Å². The maximum Gasteiger partial charge on any atom is 0.283 e. The zero-order valence-electron chi connectivity index (χ0n) is 16.4. The predicted octanol–water partition coefficient (Wildman–Crippen LogP) is 5.05. The second-order valence-electron chi connectivity index (χ2n) is 6.68. The average molecular weight is 456 g/mol. The van der Waals surface area contributed by atoms with Crippen LogP contribution in [0.15, 0.2) is 65.6 Å². The van der Waals surface area contributed by atoms with E-state index < -0.39 is 10.8 Å². The van der Waals surface area contributed by atoms with Crippen LogP contribution < -0.4 is 11.1 Å². The highest BCUT2D eigenvalue weighted by atomic mass is 35.5. The number of hydrogen-bond donors (Lipinski definition) is 2. The first-order chi connectivity index (χ1) is 14.7. The third-order valence-electron chi connectivity index (χ3n) is 4.46. The minimum Gasteiger partial charge on any atom is -0.366 e. The summed E-state index contributed by atoms with van der Waals surface area (Å²) < 4.78 is 0. The first-order valence-electron chi connectivity index (χ1n) is 9.12. The number of carbonyl (C=O) groups is 2. The van der Waals surface area contributed by atoms with Crippen molar-refractivity contribution >= 4 is 46.6 Å². The van der Waals surface area contributed by atoms with Crippen LogP contribution in [0.25, 0.3) is 11.1 Å². The Morgan fingerprint density at radius 1 is 1.10 bits per heavy atom. The number of rotatable bonds is 7. The fourth-order valence-corrected chi connectivity index (χ4v) is 3.91. The number of primary amides is 1. The number of nitrogens with one attached hydrogen (secondary N) is 1. The van der Waals surface area contributed by atoms with Gasteiger partial charge in [0, 0.05) is 22.3 Å². The monoisotopic (exact) mass is 455 g/mol. The number of thioether (sulfide) groups is 1. The van der Waals surface area contributed by atoms with Gasteiger partial charge in [0.25, 0.3) is 5.69 Å². The minimum absolute atomic E-state index is 0.0355. The van der Waals surface area contributed by atoms with Gasteiger partial charge in [-0.2, -0.15) is 0 Å². The van der Waals surface area contributed by atoms with Crippen LogP contribution in [0.3, 0.4) is 0 Å². The molecule has 9 heteroatoms. The highest BCUT2D eigenvalue weighted by Crippen LogP contribution is 2.31. The van der Waals surface area contributed by atoms with Gasteiger partial charge < -0.3 is 11.1 Å². The molecule has 0 saturated heterocycles. The number of nitrogens with two attached hydrogens (primary N) is 1. The number of benzene rings is 3. The zero-order valence-corrected chi connectivity index (χ0v) is 18.0. The Balaban J connectivity index is 1.69. The maximum absolute atomic E-state index is 12.4. The fraction of sp³-hybridized carbons (Fsp3) is 0.0909. The minimum atomic E-state index is -0.755. The molecule has 3 N–H and O–H groups in total. The molecule has 0 radical (unpaired) electrons. The lowest BCUT2D eigenvalue weighted by molar-refractivity contribution is -0.387. The summed E-state index contributed by atoms with van der Waals surface area (Å²) in [7, 11) is 0. The number of amides is 2. The summed E-state index contributed by atoms with van der Waals surface area (Å²) in [6.07, 6.45) is 0. The summed E-state index contributed by atoms with van der Waals surface area (Å²) in [4.78, 5) is 34.6. The molecule has 0 fully saturated rings. The molecular formula is C22H18ClN3O4S. The standard InChI is InChI=1S/C22H18ClN3O4S/c1-13-9-15(14-3-2-4-17(23)10-14)5-7-18(13)25-21(27)12-31-20-8-6-16(22(24)28)11-19(20)26(29)30/h2-11H,12H2,1H3,(H2,24,28)(H,25,27). The molecule has 158 valence electrons. The first-order valence-corrected chi connectivity index (χ1v) is 10.5. The molecule has 31 heavy (non-hydrogen) atoms. The summed E-state index contributed by atoms with van der Waals surface area (Å²) in [5.74, 6) is -1.10. The lowest BCUT2D eigenvalue weighted by Crippen LogP contribution is -2.15. The van der Waals surface area contributed by atoms with E-state index in [-0.39, 0.29) is 27.8 Å². The number of anilines is 1. The Bertz CT molecular complexity index is 1180. The van der Waals surface area contributed by atoms with Gasteiger partial charge in [-0.05, 0) is 60.0 Å². The quantitative estimate of drug-likeness (QED) is 0.293. The van der Waals surface area contributed by atoms with Crippen LogP contribution in [0, 0.1) is 17.0 Å². The van der Waals surface area contributed by atoms with Gasteiger partial charge in [-0.3, -0.25) is 19.7 Å². The first kappa shape index (κ1) is 22.3. The van der Waals surface area contributed by atoms with Crippen molar-refractivity contribution < 1.29 is 14.5 Å². The molecule has 2 amide bonds. The van der Waals surface area contributed by atoms with Crippen molar-refractivity contribution in [2.45, 2.75) is 11.8 Å². The Labute approximate surface area is 187 Å². The fourth-order valence-electron chi connectivity index (χ4n) is 2.92. The lowest BCUT2D eigenvalue weighted by atomic mass is 10.0. The van der Waals surface area contributed by atoms with Crippen molar-refractivity contribution in [3.05, 3.63) is 86.9 Å². The Morgan fingerprint density at radius 3 is 2.48 bits per heavy atom. The molecule has 7 nitrogen and oxygen atoms in total. The van der Waals surface area contributed by atoms with E-state index in [1.807, 2.05) is 37.3 Å². The number of carbonyl (C=O) groups excluding carboxylic acids is 2. The number of nitro groups is 1. The third kappa shape index (κ3) is 5.62. The number of aryl methyl sites for hydroxylation is 1. The largest absolute Gasteiger partial charge is 0.366 e. The topological polar surface area (TPSA) is 115 Å². The summed E-state index contributed by atoms with van der Waals surface area (Å²) in [6, 6.07) is 17.0. The van der Waals surface area contributed by atoms with Crippen LogP contribution in [-0.2, 0) is 4.79 Å². The van der Waals surface area contributed by atoms with Crippen LogP contribution in [0.2, 0.25) is 5.02 Å². The smallest absolute Gasteiger partial charge is 0.283 e. The van der Waals surface area contributed by atoms with Crippen molar-refractivity contribution in [2.24, 2.45) is 5.73 Å². The van der Waals surface area contributed by atoms with E-state index in [1.165, 1.54) is 12.1 Å². The molecule has 0 aliphatic carbocycles. The summed E-state index contributed by atoms with van der Waals surface area (Å²) in [6.45, 7) is 1.88. The second-order valence-corrected chi connectivity index (χ2v) is 8.13. The molecular weight excluding hydrogens is 438 g/mol. The van der Waals surface area contributed by atoms with Crippen molar-refractivity contribution in [1.29, 1.82) is 0 Å². The summed E-state index contributed by atoms with van der Waals surface area (Å²) in [5, 5.41) is 14.7. The third-order valence-corrected chi connectivity index (χ3v) is 5.76. The van der Waals surface area contributed by atoms with E-state index >= 15 is 0 Å². The molecule has 0 saturated carbocycles. The van der Waals surface area contributed by atoms with E-state index in [9.17, 15) is 19.7 Å². The van der Waals surface area contributed by atoms with Gasteiger partial charge in [0.1, 0.15) is 0 Å². The van der Waals surface area contributed by atoms with Crippen molar-refractivity contribution in [3.8, 4) is 11.1 Å².